The Morgan fingerprint density at radius 2 is 0.917 bits per heavy atom. The van der Waals surface area contributed by atoms with Gasteiger partial charge < -0.3 is 0 Å². The van der Waals surface area contributed by atoms with E-state index in [0.717, 1.165) is 6.42 Å². The highest BCUT2D eigenvalue weighted by atomic mass is 14.3. The van der Waals surface area contributed by atoms with E-state index < -0.39 is 0 Å². The monoisotopic (exact) mass is 318 g/mol. The molecule has 0 bridgehead atoms. The molecular weight excluding hydrogens is 288 g/mol. The maximum absolute atomic E-state index is 2.40. The predicted octanol–water partition coefficient (Wildman–Crippen LogP) is 6.78. The fraction of sp³-hybridized carbons (Fsp3) is 0.417. The lowest BCUT2D eigenvalue weighted by Gasteiger charge is -2.25. The van der Waals surface area contributed by atoms with E-state index in [1.54, 1.807) is 5.56 Å². The fourth-order valence-corrected chi connectivity index (χ4v) is 4.43. The molecule has 0 aromatic heterocycles. The average Bonchev–Trinajstić information content (AvgIpc) is 2.93. The first-order valence-corrected chi connectivity index (χ1v) is 9.03. The zero-order chi connectivity index (χ0) is 17.9. The minimum Gasteiger partial charge on any atom is -0.0683 e. The molecular formula is C24H30. The fourth-order valence-electron chi connectivity index (χ4n) is 4.43. The van der Waals surface area contributed by atoms with E-state index in [2.05, 4.69) is 68.4 Å². The Bertz CT molecular complexity index is 876. The number of allylic oxidation sites excluding steroid dienone is 1. The van der Waals surface area contributed by atoms with Gasteiger partial charge in [-0.1, -0.05) is 11.6 Å². The highest BCUT2D eigenvalue weighted by Gasteiger charge is 2.24. The summed E-state index contributed by atoms with van der Waals surface area (Å²) in [5.74, 6) is 0. The largest absolute Gasteiger partial charge is 0.0683 e. The Balaban J connectivity index is 2.48. The highest BCUT2D eigenvalue weighted by molar-refractivity contribution is 5.86. The number of hydrogen-bond donors (Lipinski definition) is 0. The molecule has 1 aliphatic rings. The van der Waals surface area contributed by atoms with Crippen LogP contribution in [0.25, 0.3) is 17.2 Å². The summed E-state index contributed by atoms with van der Waals surface area (Å²) in [5, 5.41) is 0. The molecule has 0 spiro atoms. The minimum atomic E-state index is 1.09. The summed E-state index contributed by atoms with van der Waals surface area (Å²) < 4.78 is 0. The molecule has 2 aromatic rings. The first-order valence-electron chi connectivity index (χ1n) is 9.03. The summed E-state index contributed by atoms with van der Waals surface area (Å²) in [7, 11) is 0. The summed E-state index contributed by atoms with van der Waals surface area (Å²) in [6, 6.07) is 0. The Hall–Kier alpha value is -1.82. The lowest BCUT2D eigenvalue weighted by Crippen LogP contribution is -2.05. The van der Waals surface area contributed by atoms with Gasteiger partial charge in [0.15, 0.2) is 0 Å². The normalized spacial score (nSPS) is 13.3. The van der Waals surface area contributed by atoms with Crippen molar-refractivity contribution >= 4 is 6.08 Å². The summed E-state index contributed by atoms with van der Waals surface area (Å²) in [6.45, 7) is 20.6. The van der Waals surface area contributed by atoms with Gasteiger partial charge in [0.05, 0.1) is 0 Å². The van der Waals surface area contributed by atoms with Crippen LogP contribution in [0.3, 0.4) is 0 Å². The van der Waals surface area contributed by atoms with Gasteiger partial charge in [0.2, 0.25) is 0 Å². The Morgan fingerprint density at radius 3 is 1.46 bits per heavy atom. The molecule has 0 radical (unpaired) electrons. The van der Waals surface area contributed by atoms with Gasteiger partial charge in [-0.2, -0.15) is 0 Å². The lowest BCUT2D eigenvalue weighted by molar-refractivity contribution is 1.13. The molecule has 0 fully saturated rings. The molecule has 0 unspecified atom stereocenters. The molecule has 0 heteroatoms. The van der Waals surface area contributed by atoms with Crippen molar-refractivity contribution in [3.05, 3.63) is 61.2 Å². The van der Waals surface area contributed by atoms with Crippen LogP contribution in [0, 0.1) is 55.4 Å². The van der Waals surface area contributed by atoms with Crippen molar-refractivity contribution in [3.63, 3.8) is 0 Å². The van der Waals surface area contributed by atoms with Crippen LogP contribution >= 0.6 is 0 Å². The van der Waals surface area contributed by atoms with Crippen LogP contribution < -0.4 is 0 Å². The number of hydrogen-bond acceptors (Lipinski definition) is 0. The van der Waals surface area contributed by atoms with Crippen LogP contribution in [0.4, 0.5) is 0 Å². The van der Waals surface area contributed by atoms with Crippen LogP contribution in [0.5, 0.6) is 0 Å². The molecule has 24 heavy (non-hydrogen) atoms. The second-order valence-electron chi connectivity index (χ2n) is 7.81. The van der Waals surface area contributed by atoms with Crippen LogP contribution in [0.1, 0.15) is 62.6 Å². The summed E-state index contributed by atoms with van der Waals surface area (Å²) in [5.41, 5.74) is 19.1. The van der Waals surface area contributed by atoms with Crippen molar-refractivity contribution in [1.29, 1.82) is 0 Å². The third-order valence-electron chi connectivity index (χ3n) is 6.63. The van der Waals surface area contributed by atoms with E-state index >= 15 is 0 Å². The lowest BCUT2D eigenvalue weighted by atomic mass is 9.80. The standard InChI is InChI=1S/C24H30/c1-12-10-21-17(6)16(5)20(9)24(22(21)11-12)23-18(7)14(3)13(2)15(4)19(23)8/h10H,11H2,1-9H3. The van der Waals surface area contributed by atoms with Crippen LogP contribution in [-0.2, 0) is 6.42 Å². The highest BCUT2D eigenvalue weighted by Crippen LogP contribution is 2.44. The van der Waals surface area contributed by atoms with Crippen molar-refractivity contribution in [3.8, 4) is 11.1 Å². The zero-order valence-corrected chi connectivity index (χ0v) is 16.8. The molecule has 3 rings (SSSR count). The van der Waals surface area contributed by atoms with E-state index in [1.165, 1.54) is 66.8 Å². The molecule has 0 N–H and O–H groups in total. The SMILES string of the molecule is CC1=Cc2c(C)c(C)c(C)c(-c3c(C)c(C)c(C)c(C)c3C)c2C1. The summed E-state index contributed by atoms with van der Waals surface area (Å²) in [4.78, 5) is 0. The van der Waals surface area contributed by atoms with E-state index in [9.17, 15) is 0 Å². The van der Waals surface area contributed by atoms with Gasteiger partial charge >= 0.3 is 0 Å². The summed E-state index contributed by atoms with van der Waals surface area (Å²) >= 11 is 0. The van der Waals surface area contributed by atoms with Crippen molar-refractivity contribution in [2.24, 2.45) is 0 Å². The number of benzene rings is 2. The molecule has 126 valence electrons. The van der Waals surface area contributed by atoms with Crippen molar-refractivity contribution < 1.29 is 0 Å². The Morgan fingerprint density at radius 1 is 0.500 bits per heavy atom. The molecule has 0 saturated heterocycles. The molecule has 1 aliphatic carbocycles. The molecule has 0 nitrogen and oxygen atoms in total. The smallest absolute Gasteiger partial charge is 0.00542 e. The van der Waals surface area contributed by atoms with E-state index in [4.69, 9.17) is 0 Å². The van der Waals surface area contributed by atoms with Gasteiger partial charge in [-0.15, -0.1) is 0 Å². The third-order valence-corrected chi connectivity index (χ3v) is 6.63. The Labute approximate surface area is 147 Å². The quantitative estimate of drug-likeness (QED) is 0.543. The predicted molar refractivity (Wildman–Crippen MR) is 107 cm³/mol. The van der Waals surface area contributed by atoms with Crippen molar-refractivity contribution in [2.75, 3.05) is 0 Å². The van der Waals surface area contributed by atoms with E-state index in [-0.39, 0.29) is 0 Å². The van der Waals surface area contributed by atoms with Gasteiger partial charge in [0.25, 0.3) is 0 Å². The van der Waals surface area contributed by atoms with Gasteiger partial charge in [0, 0.05) is 0 Å². The first-order chi connectivity index (χ1) is 11.2. The zero-order valence-electron chi connectivity index (χ0n) is 16.8. The summed E-state index contributed by atoms with van der Waals surface area (Å²) in [6.07, 6.45) is 3.50. The van der Waals surface area contributed by atoms with E-state index in [0.29, 0.717) is 0 Å². The van der Waals surface area contributed by atoms with Crippen LogP contribution in [0.15, 0.2) is 5.57 Å². The van der Waals surface area contributed by atoms with Crippen molar-refractivity contribution in [1.82, 2.24) is 0 Å². The van der Waals surface area contributed by atoms with Crippen molar-refractivity contribution in [2.45, 2.75) is 68.7 Å². The molecule has 0 atom stereocenters. The minimum absolute atomic E-state index is 1.09. The molecule has 2 aromatic carbocycles. The maximum Gasteiger partial charge on any atom is -0.00542 e. The molecule has 0 saturated carbocycles. The molecule has 0 amide bonds. The number of fused-ring (bicyclic) bond motifs is 1. The van der Waals surface area contributed by atoms with E-state index in [1.807, 2.05) is 0 Å². The first kappa shape index (κ1) is 17.0. The third kappa shape index (κ3) is 2.19. The maximum atomic E-state index is 2.40. The van der Waals surface area contributed by atoms with Gasteiger partial charge in [-0.3, -0.25) is 0 Å². The Kier molecular flexibility index (Phi) is 3.98. The van der Waals surface area contributed by atoms with Gasteiger partial charge in [-0.05, 0) is 135 Å². The number of rotatable bonds is 1. The van der Waals surface area contributed by atoms with Gasteiger partial charge in [-0.25, -0.2) is 0 Å². The second-order valence-corrected chi connectivity index (χ2v) is 7.81. The topological polar surface area (TPSA) is 0 Å². The molecule has 0 aliphatic heterocycles. The van der Waals surface area contributed by atoms with Crippen LogP contribution in [-0.4, -0.2) is 0 Å². The van der Waals surface area contributed by atoms with Crippen LogP contribution in [0.2, 0.25) is 0 Å². The van der Waals surface area contributed by atoms with Gasteiger partial charge in [0.1, 0.15) is 0 Å². The second kappa shape index (κ2) is 5.62. The molecule has 0 heterocycles. The average molecular weight is 319 g/mol.